The van der Waals surface area contributed by atoms with Crippen molar-refractivity contribution in [1.82, 2.24) is 0 Å². The fourth-order valence-corrected chi connectivity index (χ4v) is 5.39. The number of aromatic hydroxyl groups is 3. The molecule has 3 aliphatic rings. The normalized spacial score (nSPS) is 32.2. The van der Waals surface area contributed by atoms with E-state index in [1.165, 1.54) is 12.1 Å². The number of carboxylic acids is 1. The first kappa shape index (κ1) is 36.8. The molecule has 3 heterocycles. The van der Waals surface area contributed by atoms with Crippen LogP contribution in [-0.4, -0.2) is 143 Å². The molecule has 274 valence electrons. The zero-order valence-electron chi connectivity index (χ0n) is 25.8. The summed E-state index contributed by atoms with van der Waals surface area (Å²) in [7, 11) is 0. The highest BCUT2D eigenvalue weighted by Crippen LogP contribution is 2.46. The van der Waals surface area contributed by atoms with E-state index in [4.69, 9.17) is 33.5 Å². The van der Waals surface area contributed by atoms with Crippen LogP contribution in [0.25, 0.3) is 6.08 Å². The first-order chi connectivity index (χ1) is 23.7. The van der Waals surface area contributed by atoms with Crippen molar-refractivity contribution >= 4 is 18.0 Å². The van der Waals surface area contributed by atoms with E-state index in [1.54, 1.807) is 0 Å². The van der Waals surface area contributed by atoms with Gasteiger partial charge < -0.3 is 84.6 Å². The number of aliphatic hydroxyl groups excluding tert-OH is 7. The molecule has 11 unspecified atom stereocenters. The molecular weight excluding hydrogens is 676 g/mol. The molecule has 19 nitrogen and oxygen atoms in total. The van der Waals surface area contributed by atoms with Gasteiger partial charge in [-0.05, 0) is 18.2 Å². The Labute approximate surface area is 281 Å². The Hall–Kier alpha value is -4.44. The minimum atomic E-state index is -1.93. The van der Waals surface area contributed by atoms with Crippen LogP contribution < -0.4 is 9.47 Å². The topological polar surface area (TPSA) is 312 Å². The molecule has 0 spiro atoms. The summed E-state index contributed by atoms with van der Waals surface area (Å²) < 4.78 is 33.9. The van der Waals surface area contributed by atoms with Gasteiger partial charge in [-0.2, -0.15) is 0 Å². The molecule has 5 rings (SSSR count). The van der Waals surface area contributed by atoms with E-state index in [0.717, 1.165) is 24.3 Å². The molecule has 0 amide bonds. The average molecular weight is 713 g/mol. The van der Waals surface area contributed by atoms with Gasteiger partial charge in [0.15, 0.2) is 17.6 Å². The summed E-state index contributed by atoms with van der Waals surface area (Å²) in [5, 5.41) is 112. The van der Waals surface area contributed by atoms with E-state index in [2.05, 4.69) is 0 Å². The van der Waals surface area contributed by atoms with Gasteiger partial charge >= 0.3 is 11.9 Å². The average Bonchev–Trinajstić information content (AvgIpc) is 3.08. The maximum atomic E-state index is 12.0. The third kappa shape index (κ3) is 7.80. The molecule has 0 radical (unpaired) electrons. The number of hydrogen-bond donors (Lipinski definition) is 11. The smallest absolute Gasteiger partial charge is 0.306 e. The molecule has 19 heteroatoms. The van der Waals surface area contributed by atoms with Crippen LogP contribution in [0.2, 0.25) is 0 Å². The Morgan fingerprint density at radius 1 is 0.740 bits per heavy atom. The molecule has 2 fully saturated rings. The summed E-state index contributed by atoms with van der Waals surface area (Å²) in [4.78, 5) is 22.7. The summed E-state index contributed by atoms with van der Waals surface area (Å²) in [5.41, 5.74) is 0.149. The minimum Gasteiger partial charge on any atom is -0.508 e. The number of carbonyl (C=O) groups excluding carboxylic acids is 1. The first-order valence-electron chi connectivity index (χ1n) is 15.2. The van der Waals surface area contributed by atoms with Gasteiger partial charge in [0, 0.05) is 17.7 Å². The van der Waals surface area contributed by atoms with Gasteiger partial charge in [-0.1, -0.05) is 6.07 Å². The molecule has 2 aromatic carbocycles. The molecule has 2 saturated heterocycles. The maximum Gasteiger partial charge on any atom is 0.306 e. The lowest BCUT2D eigenvalue weighted by Crippen LogP contribution is -2.60. The van der Waals surface area contributed by atoms with Crippen LogP contribution in [0.1, 0.15) is 30.1 Å². The lowest BCUT2D eigenvalue weighted by atomic mass is 9.98. The van der Waals surface area contributed by atoms with Crippen LogP contribution in [0.5, 0.6) is 28.7 Å². The summed E-state index contributed by atoms with van der Waals surface area (Å²) >= 11 is 0. The number of fused-ring (bicyclic) bond motifs is 1. The lowest BCUT2D eigenvalue weighted by molar-refractivity contribution is -0.294. The highest BCUT2D eigenvalue weighted by Gasteiger charge is 2.48. The van der Waals surface area contributed by atoms with Crippen LogP contribution in [-0.2, 0) is 28.5 Å². The van der Waals surface area contributed by atoms with Crippen molar-refractivity contribution in [2.45, 2.75) is 80.4 Å². The molecule has 0 aromatic heterocycles. The Morgan fingerprint density at radius 2 is 1.38 bits per heavy atom. The van der Waals surface area contributed by atoms with Crippen LogP contribution in [0.3, 0.4) is 0 Å². The van der Waals surface area contributed by atoms with Gasteiger partial charge in [0.2, 0.25) is 12.6 Å². The Bertz CT molecular complexity index is 1580. The van der Waals surface area contributed by atoms with Gasteiger partial charge in [-0.3, -0.25) is 9.59 Å². The number of ether oxygens (including phenoxy) is 6. The number of benzene rings is 2. The number of phenolic OH excluding ortho intramolecular Hbond substituents is 3. The van der Waals surface area contributed by atoms with Gasteiger partial charge in [0.25, 0.3) is 0 Å². The second kappa shape index (κ2) is 15.2. The third-order valence-electron chi connectivity index (χ3n) is 8.14. The van der Waals surface area contributed by atoms with E-state index in [1.807, 2.05) is 0 Å². The standard InChI is InChI=1S/C31H36O19/c32-9-19-23(39)25(41)27(43)30(49-19)47-17-7-12(33)6-16-13(17)8-18(29(46-16)11-1-2-14(34)15(35)5-11)48-31-28(44)26(42)24(40)20(50-31)10-45-22(38)4-3-21(36)37/h1-2,5-8,19-20,23-35,39-44H,3-4,9-10H2,(H,36,37). The number of rotatable bonds is 11. The van der Waals surface area contributed by atoms with Crippen molar-refractivity contribution < 1.29 is 94.2 Å². The van der Waals surface area contributed by atoms with E-state index < -0.39 is 123 Å². The monoisotopic (exact) mass is 712 g/mol. The Balaban J connectivity index is 1.47. The molecule has 0 saturated carbocycles. The van der Waals surface area contributed by atoms with Crippen LogP contribution in [0.4, 0.5) is 0 Å². The Morgan fingerprint density at radius 3 is 2.02 bits per heavy atom. The number of esters is 1. The number of aliphatic hydroxyl groups is 7. The quantitative estimate of drug-likeness (QED) is 0.0861. The second-order valence-electron chi connectivity index (χ2n) is 11.7. The predicted molar refractivity (Wildman–Crippen MR) is 159 cm³/mol. The lowest BCUT2D eigenvalue weighted by Gasteiger charge is -2.41. The maximum absolute atomic E-state index is 12.0. The minimum absolute atomic E-state index is 0.00352. The molecule has 50 heavy (non-hydrogen) atoms. The highest BCUT2D eigenvalue weighted by atomic mass is 16.7. The van der Waals surface area contributed by atoms with E-state index in [9.17, 15) is 60.7 Å². The summed E-state index contributed by atoms with van der Waals surface area (Å²) in [6.45, 7) is -1.43. The summed E-state index contributed by atoms with van der Waals surface area (Å²) in [6, 6.07) is 5.83. The van der Waals surface area contributed by atoms with Crippen molar-refractivity contribution in [3.8, 4) is 28.7 Å². The molecular formula is C31H36O19. The van der Waals surface area contributed by atoms with Crippen LogP contribution in [0.15, 0.2) is 36.1 Å². The van der Waals surface area contributed by atoms with E-state index >= 15 is 0 Å². The number of carbonyl (C=O) groups is 2. The van der Waals surface area contributed by atoms with Crippen molar-refractivity contribution in [2.75, 3.05) is 13.2 Å². The highest BCUT2D eigenvalue weighted by molar-refractivity contribution is 5.76. The van der Waals surface area contributed by atoms with E-state index in [0.29, 0.717) is 0 Å². The molecule has 0 aliphatic carbocycles. The third-order valence-corrected chi connectivity index (χ3v) is 8.14. The first-order valence-corrected chi connectivity index (χ1v) is 15.2. The molecule has 2 aromatic rings. The number of aliphatic carboxylic acids is 1. The predicted octanol–water partition coefficient (Wildman–Crippen LogP) is -2.31. The van der Waals surface area contributed by atoms with Crippen LogP contribution >= 0.6 is 0 Å². The molecule has 11 N–H and O–H groups in total. The Kier molecular flexibility index (Phi) is 11.2. The molecule has 0 bridgehead atoms. The van der Waals surface area contributed by atoms with Crippen molar-refractivity contribution in [2.24, 2.45) is 0 Å². The zero-order valence-corrected chi connectivity index (χ0v) is 25.8. The zero-order chi connectivity index (χ0) is 36.4. The summed E-state index contributed by atoms with van der Waals surface area (Å²) in [5.74, 6) is -4.20. The van der Waals surface area contributed by atoms with Crippen molar-refractivity contribution in [3.05, 3.63) is 47.2 Å². The fourth-order valence-electron chi connectivity index (χ4n) is 5.39. The van der Waals surface area contributed by atoms with E-state index in [-0.39, 0.29) is 28.4 Å². The van der Waals surface area contributed by atoms with Crippen molar-refractivity contribution in [1.29, 1.82) is 0 Å². The fraction of sp³-hybridized carbons (Fsp3) is 0.484. The SMILES string of the molecule is O=C(O)CCC(=O)OCC1OC(OC2=Cc3c(cc(O)cc3OC3OC(CO)C(O)C(O)C3O)OC2c2ccc(O)c(O)c2)C(O)C(O)C1O. The van der Waals surface area contributed by atoms with Crippen molar-refractivity contribution in [3.63, 3.8) is 0 Å². The molecule has 11 atom stereocenters. The van der Waals surface area contributed by atoms with Gasteiger partial charge in [-0.15, -0.1) is 0 Å². The number of carboxylic acid groups (broad SMARTS) is 1. The van der Waals surface area contributed by atoms with Gasteiger partial charge in [0.1, 0.15) is 78.4 Å². The van der Waals surface area contributed by atoms with Gasteiger partial charge in [-0.25, -0.2) is 0 Å². The number of phenols is 3. The molecule has 3 aliphatic heterocycles. The van der Waals surface area contributed by atoms with Gasteiger partial charge in [0.05, 0.1) is 25.0 Å². The van der Waals surface area contributed by atoms with Crippen LogP contribution in [0, 0.1) is 0 Å². The largest absolute Gasteiger partial charge is 0.508 e. The second-order valence-corrected chi connectivity index (χ2v) is 11.7. The summed E-state index contributed by atoms with van der Waals surface area (Å²) in [6.07, 6.45) is -18.3. The number of hydrogen-bond acceptors (Lipinski definition) is 18.